The van der Waals surface area contributed by atoms with Crippen molar-refractivity contribution in [2.24, 2.45) is 5.41 Å². The van der Waals surface area contributed by atoms with Crippen LogP contribution < -0.4 is 0 Å². The Morgan fingerprint density at radius 3 is 2.05 bits per heavy atom. The second-order valence-corrected chi connectivity index (χ2v) is 6.05. The van der Waals surface area contributed by atoms with E-state index in [0.717, 1.165) is 5.56 Å². The zero-order valence-electron chi connectivity index (χ0n) is 11.6. The average molecular weight is 265 g/mol. The van der Waals surface area contributed by atoms with Crippen molar-refractivity contribution in [1.29, 1.82) is 0 Å². The zero-order valence-corrected chi connectivity index (χ0v) is 11.6. The van der Waals surface area contributed by atoms with E-state index in [-0.39, 0.29) is 11.1 Å². The minimum atomic E-state index is -0.845. The second-order valence-electron chi connectivity index (χ2n) is 6.05. The van der Waals surface area contributed by atoms with Gasteiger partial charge < -0.3 is 5.11 Å². The van der Waals surface area contributed by atoms with E-state index in [1.807, 2.05) is 13.8 Å². The molecule has 0 aliphatic carbocycles. The summed E-state index contributed by atoms with van der Waals surface area (Å²) in [6.07, 6.45) is 0.452. The number of nitro groups is 1. The first-order valence-electron chi connectivity index (χ1n) is 6.04. The van der Waals surface area contributed by atoms with Crippen LogP contribution in [-0.2, 0) is 10.2 Å². The lowest BCUT2D eigenvalue weighted by Crippen LogP contribution is -2.32. The monoisotopic (exact) mass is 265 g/mol. The molecular formula is C14H19NO4. The number of benzene rings is 1. The molecule has 0 atom stereocenters. The van der Waals surface area contributed by atoms with Crippen LogP contribution in [0.5, 0.6) is 0 Å². The van der Waals surface area contributed by atoms with Gasteiger partial charge in [-0.25, -0.2) is 0 Å². The average Bonchev–Trinajstić information content (AvgIpc) is 2.27. The van der Waals surface area contributed by atoms with Crippen molar-refractivity contribution in [2.75, 3.05) is 0 Å². The Morgan fingerprint density at radius 1 is 1.21 bits per heavy atom. The molecule has 0 amide bonds. The third-order valence-corrected chi connectivity index (χ3v) is 3.32. The maximum Gasteiger partial charge on any atom is 0.309 e. The van der Waals surface area contributed by atoms with Crippen molar-refractivity contribution in [3.8, 4) is 0 Å². The number of nitro benzene ring substituents is 1. The fourth-order valence-electron chi connectivity index (χ4n) is 2.32. The number of non-ortho nitro benzene ring substituents is 1. The van der Waals surface area contributed by atoms with Crippen LogP contribution in [0.3, 0.4) is 0 Å². The Bertz CT molecular complexity index is 489. The lowest BCUT2D eigenvalue weighted by atomic mass is 9.71. The summed E-state index contributed by atoms with van der Waals surface area (Å²) in [5.74, 6) is -0.845. The molecule has 104 valence electrons. The van der Waals surface area contributed by atoms with Gasteiger partial charge in [0.15, 0.2) is 0 Å². The molecule has 0 saturated heterocycles. The second kappa shape index (κ2) is 4.99. The number of hydrogen-bond donors (Lipinski definition) is 1. The van der Waals surface area contributed by atoms with E-state index in [1.165, 1.54) is 12.1 Å². The Kier molecular flexibility index (Phi) is 3.98. The topological polar surface area (TPSA) is 80.4 Å². The Balaban J connectivity index is 3.00. The van der Waals surface area contributed by atoms with Crippen molar-refractivity contribution >= 4 is 11.7 Å². The molecule has 1 rings (SSSR count). The quantitative estimate of drug-likeness (QED) is 0.653. The summed E-state index contributed by atoms with van der Waals surface area (Å²) >= 11 is 0. The molecule has 0 saturated carbocycles. The summed E-state index contributed by atoms with van der Waals surface area (Å²) in [7, 11) is 0. The van der Waals surface area contributed by atoms with Gasteiger partial charge in [-0.1, -0.05) is 26.0 Å². The van der Waals surface area contributed by atoms with Gasteiger partial charge in [-0.05, 0) is 31.2 Å². The highest BCUT2D eigenvalue weighted by Crippen LogP contribution is 2.37. The standard InChI is InChI=1S/C14H19NO4/c1-13(2,9-14(3,4)12(16)17)10-5-7-11(8-6-10)15(18)19/h5-8H,9H2,1-4H3,(H,16,17). The summed E-state index contributed by atoms with van der Waals surface area (Å²) in [5.41, 5.74) is -0.271. The zero-order chi connectivity index (χ0) is 14.8. The molecule has 0 heterocycles. The van der Waals surface area contributed by atoms with E-state index in [0.29, 0.717) is 6.42 Å². The highest BCUT2D eigenvalue weighted by atomic mass is 16.6. The van der Waals surface area contributed by atoms with Crippen LogP contribution in [0.15, 0.2) is 24.3 Å². The molecule has 5 heteroatoms. The van der Waals surface area contributed by atoms with Crippen molar-refractivity contribution in [2.45, 2.75) is 39.5 Å². The van der Waals surface area contributed by atoms with Crippen LogP contribution >= 0.6 is 0 Å². The summed E-state index contributed by atoms with van der Waals surface area (Å²) in [5, 5.41) is 19.8. The van der Waals surface area contributed by atoms with E-state index >= 15 is 0 Å². The molecule has 19 heavy (non-hydrogen) atoms. The number of rotatable bonds is 5. The van der Waals surface area contributed by atoms with Gasteiger partial charge in [0.1, 0.15) is 0 Å². The van der Waals surface area contributed by atoms with Gasteiger partial charge in [0.25, 0.3) is 5.69 Å². The minimum absolute atomic E-state index is 0.0389. The molecular weight excluding hydrogens is 246 g/mol. The predicted molar refractivity (Wildman–Crippen MR) is 72.2 cm³/mol. The van der Waals surface area contributed by atoms with Gasteiger partial charge in [0, 0.05) is 12.1 Å². The molecule has 5 nitrogen and oxygen atoms in total. The molecule has 0 radical (unpaired) electrons. The summed E-state index contributed by atoms with van der Waals surface area (Å²) in [6, 6.07) is 6.28. The number of carboxylic acid groups (broad SMARTS) is 1. The number of hydrogen-bond acceptors (Lipinski definition) is 3. The molecule has 0 aliphatic heterocycles. The fourth-order valence-corrected chi connectivity index (χ4v) is 2.32. The molecule has 1 aromatic rings. The summed E-state index contributed by atoms with van der Waals surface area (Å²) < 4.78 is 0. The predicted octanol–water partition coefficient (Wildman–Crippen LogP) is 3.37. The third-order valence-electron chi connectivity index (χ3n) is 3.32. The van der Waals surface area contributed by atoms with Gasteiger partial charge in [0.05, 0.1) is 10.3 Å². The maximum atomic E-state index is 11.2. The van der Waals surface area contributed by atoms with Gasteiger partial charge >= 0.3 is 5.97 Å². The highest BCUT2D eigenvalue weighted by molar-refractivity contribution is 5.73. The maximum absolute atomic E-state index is 11.2. The van der Waals surface area contributed by atoms with Gasteiger partial charge in [-0.2, -0.15) is 0 Å². The van der Waals surface area contributed by atoms with E-state index in [2.05, 4.69) is 0 Å². The van der Waals surface area contributed by atoms with Crippen LogP contribution in [0.2, 0.25) is 0 Å². The molecule has 1 aromatic carbocycles. The third kappa shape index (κ3) is 3.53. The van der Waals surface area contributed by atoms with E-state index in [1.54, 1.807) is 26.0 Å². The number of carbonyl (C=O) groups is 1. The van der Waals surface area contributed by atoms with E-state index in [4.69, 9.17) is 0 Å². The lowest BCUT2D eigenvalue weighted by Gasteiger charge is -2.32. The molecule has 1 N–H and O–H groups in total. The minimum Gasteiger partial charge on any atom is -0.481 e. The van der Waals surface area contributed by atoms with Crippen molar-refractivity contribution < 1.29 is 14.8 Å². The largest absolute Gasteiger partial charge is 0.481 e. The highest BCUT2D eigenvalue weighted by Gasteiger charge is 2.35. The van der Waals surface area contributed by atoms with Crippen LogP contribution in [0.1, 0.15) is 39.7 Å². The summed E-state index contributed by atoms with van der Waals surface area (Å²) in [6.45, 7) is 7.25. The molecule has 0 aromatic heterocycles. The van der Waals surface area contributed by atoms with Crippen LogP contribution in [0, 0.1) is 15.5 Å². The van der Waals surface area contributed by atoms with E-state index in [9.17, 15) is 20.0 Å². The number of aliphatic carboxylic acids is 1. The fraction of sp³-hybridized carbons (Fsp3) is 0.500. The first-order valence-corrected chi connectivity index (χ1v) is 6.04. The van der Waals surface area contributed by atoms with Crippen LogP contribution in [0.25, 0.3) is 0 Å². The van der Waals surface area contributed by atoms with Crippen LogP contribution in [-0.4, -0.2) is 16.0 Å². The molecule has 0 bridgehead atoms. The molecule has 0 fully saturated rings. The SMILES string of the molecule is CC(C)(CC(C)(C)c1ccc([N+](=O)[O-])cc1)C(=O)O. The normalized spacial score (nSPS) is 12.2. The summed E-state index contributed by atoms with van der Waals surface area (Å²) in [4.78, 5) is 21.3. The first-order chi connectivity index (χ1) is 8.56. The van der Waals surface area contributed by atoms with E-state index < -0.39 is 16.3 Å². The molecule has 0 unspecified atom stereocenters. The lowest BCUT2D eigenvalue weighted by molar-refractivity contribution is -0.384. The Labute approximate surface area is 112 Å². The molecule has 0 aliphatic rings. The Morgan fingerprint density at radius 2 is 1.68 bits per heavy atom. The first kappa shape index (κ1) is 15.1. The number of carboxylic acids is 1. The van der Waals surface area contributed by atoms with Gasteiger partial charge in [-0.15, -0.1) is 0 Å². The Hall–Kier alpha value is -1.91. The molecule has 0 spiro atoms. The van der Waals surface area contributed by atoms with Gasteiger partial charge in [-0.3, -0.25) is 14.9 Å². The smallest absolute Gasteiger partial charge is 0.309 e. The van der Waals surface area contributed by atoms with Crippen molar-refractivity contribution in [1.82, 2.24) is 0 Å². The van der Waals surface area contributed by atoms with Crippen molar-refractivity contribution in [3.63, 3.8) is 0 Å². The van der Waals surface area contributed by atoms with Crippen LogP contribution in [0.4, 0.5) is 5.69 Å². The van der Waals surface area contributed by atoms with Gasteiger partial charge in [0.2, 0.25) is 0 Å². The number of nitrogens with zero attached hydrogens (tertiary/aromatic N) is 1. The van der Waals surface area contributed by atoms with Crippen molar-refractivity contribution in [3.05, 3.63) is 39.9 Å².